The Hall–Kier alpha value is -2.11. The quantitative estimate of drug-likeness (QED) is 0.855. The average Bonchev–Trinajstić information content (AvgIpc) is 2.95. The number of hydrogen-bond acceptors (Lipinski definition) is 4. The third kappa shape index (κ3) is 1.92. The second kappa shape index (κ2) is 4.47. The van der Waals surface area contributed by atoms with Gasteiger partial charge in [0.1, 0.15) is 5.82 Å². The van der Waals surface area contributed by atoms with E-state index in [0.29, 0.717) is 17.8 Å². The molecular weight excluding hydrogens is 258 g/mol. The first kappa shape index (κ1) is 12.9. The van der Waals surface area contributed by atoms with Gasteiger partial charge in [-0.3, -0.25) is 9.59 Å². The summed E-state index contributed by atoms with van der Waals surface area (Å²) in [4.78, 5) is 29.2. The van der Waals surface area contributed by atoms with Crippen LogP contribution in [0.5, 0.6) is 0 Å². The van der Waals surface area contributed by atoms with Gasteiger partial charge in [0.15, 0.2) is 0 Å². The first-order valence-corrected chi connectivity index (χ1v) is 6.77. The smallest absolute Gasteiger partial charge is 0.308 e. The summed E-state index contributed by atoms with van der Waals surface area (Å²) in [6.45, 7) is 1.81. The molecule has 0 saturated carbocycles. The third-order valence-corrected chi connectivity index (χ3v) is 4.34. The molecule has 1 aromatic rings. The van der Waals surface area contributed by atoms with Gasteiger partial charge in [-0.05, 0) is 38.3 Å². The fourth-order valence-electron chi connectivity index (χ4n) is 3.54. The number of nitrogens with zero attached hydrogens (tertiary/aromatic N) is 2. The zero-order chi connectivity index (χ0) is 14.4. The molecule has 20 heavy (non-hydrogen) atoms. The number of hydrogen-bond donors (Lipinski definition) is 2. The summed E-state index contributed by atoms with van der Waals surface area (Å²) in [5.41, 5.74) is 6.47. The first-order valence-electron chi connectivity index (χ1n) is 6.77. The summed E-state index contributed by atoms with van der Waals surface area (Å²) in [5, 5.41) is 9.28. The lowest BCUT2D eigenvalue weighted by molar-refractivity contribution is -0.142. The highest BCUT2D eigenvalue weighted by molar-refractivity contribution is 5.93. The molecule has 106 valence electrons. The van der Waals surface area contributed by atoms with Crippen molar-refractivity contribution in [1.82, 2.24) is 4.98 Å². The highest BCUT2D eigenvalue weighted by Crippen LogP contribution is 2.44. The summed E-state index contributed by atoms with van der Waals surface area (Å²) >= 11 is 0. The fourth-order valence-corrected chi connectivity index (χ4v) is 3.54. The van der Waals surface area contributed by atoms with Gasteiger partial charge >= 0.3 is 5.97 Å². The predicted molar refractivity (Wildman–Crippen MR) is 72.5 cm³/mol. The highest BCUT2D eigenvalue weighted by Gasteiger charge is 2.49. The van der Waals surface area contributed by atoms with Gasteiger partial charge in [0.25, 0.3) is 0 Å². The monoisotopic (exact) mass is 275 g/mol. The van der Waals surface area contributed by atoms with Gasteiger partial charge in [0.2, 0.25) is 5.91 Å². The number of fused-ring (bicyclic) bond motifs is 2. The van der Waals surface area contributed by atoms with Crippen LogP contribution in [0.25, 0.3) is 0 Å². The number of primary amides is 1. The summed E-state index contributed by atoms with van der Waals surface area (Å²) in [5.74, 6) is -0.897. The van der Waals surface area contributed by atoms with Crippen molar-refractivity contribution >= 4 is 17.7 Å². The number of nitrogens with two attached hydrogens (primary N) is 1. The van der Waals surface area contributed by atoms with Crippen LogP contribution < -0.4 is 10.6 Å². The molecule has 0 aromatic carbocycles. The Bertz CT molecular complexity index is 587. The van der Waals surface area contributed by atoms with Crippen molar-refractivity contribution in [3.05, 3.63) is 23.4 Å². The van der Waals surface area contributed by atoms with E-state index in [1.165, 1.54) is 0 Å². The Morgan fingerprint density at radius 1 is 1.40 bits per heavy atom. The Morgan fingerprint density at radius 3 is 2.75 bits per heavy atom. The van der Waals surface area contributed by atoms with E-state index in [4.69, 9.17) is 5.73 Å². The molecule has 3 unspecified atom stereocenters. The number of rotatable bonds is 3. The van der Waals surface area contributed by atoms with Crippen LogP contribution in [0.15, 0.2) is 12.1 Å². The zero-order valence-electron chi connectivity index (χ0n) is 11.2. The van der Waals surface area contributed by atoms with Crippen LogP contribution in [-0.4, -0.2) is 34.1 Å². The van der Waals surface area contributed by atoms with E-state index in [-0.39, 0.29) is 18.0 Å². The van der Waals surface area contributed by atoms with E-state index < -0.39 is 11.9 Å². The molecule has 3 rings (SSSR count). The van der Waals surface area contributed by atoms with Crippen LogP contribution in [0.4, 0.5) is 5.82 Å². The molecule has 1 amide bonds. The Balaban J connectivity index is 1.98. The predicted octanol–water partition coefficient (Wildman–Crippen LogP) is 0.931. The Kier molecular flexibility index (Phi) is 2.88. The van der Waals surface area contributed by atoms with E-state index in [1.54, 1.807) is 12.1 Å². The van der Waals surface area contributed by atoms with Crippen LogP contribution in [0.2, 0.25) is 0 Å². The molecular formula is C14H17N3O3. The van der Waals surface area contributed by atoms with Crippen LogP contribution >= 0.6 is 0 Å². The minimum absolute atomic E-state index is 0.0208. The van der Waals surface area contributed by atoms with Crippen molar-refractivity contribution < 1.29 is 14.7 Å². The number of carbonyl (C=O) groups is 2. The van der Waals surface area contributed by atoms with Gasteiger partial charge in [-0.2, -0.15) is 0 Å². The number of aromatic nitrogens is 1. The molecule has 2 fully saturated rings. The van der Waals surface area contributed by atoms with Crippen molar-refractivity contribution in [2.24, 2.45) is 11.7 Å². The molecule has 2 saturated heterocycles. The van der Waals surface area contributed by atoms with Crippen molar-refractivity contribution in [3.8, 4) is 0 Å². The molecule has 0 spiro atoms. The maximum Gasteiger partial charge on any atom is 0.308 e. The number of anilines is 1. The number of aliphatic carboxylic acids is 1. The fraction of sp³-hybridized carbons (Fsp3) is 0.500. The zero-order valence-corrected chi connectivity index (χ0v) is 11.2. The summed E-state index contributed by atoms with van der Waals surface area (Å²) in [6.07, 6.45) is 2.50. The van der Waals surface area contributed by atoms with Gasteiger partial charge in [0, 0.05) is 23.3 Å². The van der Waals surface area contributed by atoms with Crippen molar-refractivity contribution in [1.29, 1.82) is 0 Å². The molecule has 3 heterocycles. The lowest BCUT2D eigenvalue weighted by Crippen LogP contribution is -2.33. The summed E-state index contributed by atoms with van der Waals surface area (Å²) in [6, 6.07) is 3.51. The van der Waals surface area contributed by atoms with Gasteiger partial charge < -0.3 is 15.7 Å². The highest BCUT2D eigenvalue weighted by atomic mass is 16.4. The van der Waals surface area contributed by atoms with Gasteiger partial charge in [-0.1, -0.05) is 0 Å². The van der Waals surface area contributed by atoms with Gasteiger partial charge in [-0.25, -0.2) is 4.98 Å². The normalized spacial score (nSPS) is 27.9. The first-order chi connectivity index (χ1) is 9.47. The second-order valence-corrected chi connectivity index (χ2v) is 5.61. The lowest BCUT2D eigenvalue weighted by atomic mass is 9.89. The molecule has 6 nitrogen and oxygen atoms in total. The molecule has 3 N–H and O–H groups in total. The third-order valence-electron chi connectivity index (χ3n) is 4.34. The Labute approximate surface area is 116 Å². The van der Waals surface area contributed by atoms with Crippen LogP contribution in [0.1, 0.15) is 35.3 Å². The van der Waals surface area contributed by atoms with E-state index in [2.05, 4.69) is 9.88 Å². The van der Waals surface area contributed by atoms with Crippen LogP contribution in [0.3, 0.4) is 0 Å². The topological polar surface area (TPSA) is 96.5 Å². The van der Waals surface area contributed by atoms with E-state index >= 15 is 0 Å². The minimum Gasteiger partial charge on any atom is -0.481 e. The van der Waals surface area contributed by atoms with Gasteiger partial charge in [-0.15, -0.1) is 0 Å². The van der Waals surface area contributed by atoms with E-state index in [9.17, 15) is 14.7 Å². The lowest BCUT2D eigenvalue weighted by Gasteiger charge is -2.24. The maximum absolute atomic E-state index is 11.4. The van der Waals surface area contributed by atoms with Crippen molar-refractivity contribution in [3.63, 3.8) is 0 Å². The number of amides is 1. The van der Waals surface area contributed by atoms with Gasteiger partial charge in [0.05, 0.1) is 5.92 Å². The van der Waals surface area contributed by atoms with Crippen LogP contribution in [-0.2, 0) is 4.79 Å². The molecule has 0 radical (unpaired) electrons. The molecule has 2 aliphatic rings. The summed E-state index contributed by atoms with van der Waals surface area (Å²) < 4.78 is 0. The number of carboxylic acids is 1. The minimum atomic E-state index is -0.745. The van der Waals surface area contributed by atoms with Crippen molar-refractivity contribution in [2.75, 3.05) is 4.90 Å². The number of carboxylic acid groups (broad SMARTS) is 1. The largest absolute Gasteiger partial charge is 0.481 e. The molecule has 2 bridgehead atoms. The number of pyridine rings is 1. The SMILES string of the molecule is Cc1cc(C(N)=O)cc(N2C3CCC2C(C(=O)O)C3)n1. The molecule has 0 aliphatic carbocycles. The van der Waals surface area contributed by atoms with E-state index in [1.807, 2.05) is 6.92 Å². The average molecular weight is 275 g/mol. The standard InChI is InChI=1S/C14H17N3O3/c1-7-4-8(13(15)18)5-12(16-7)17-9-2-3-11(17)10(6-9)14(19)20/h4-5,9-11H,2-3,6H2,1H3,(H2,15,18)(H,19,20). The number of carbonyl (C=O) groups excluding carboxylic acids is 1. The Morgan fingerprint density at radius 2 is 2.15 bits per heavy atom. The molecule has 6 heteroatoms. The molecule has 3 atom stereocenters. The van der Waals surface area contributed by atoms with Crippen molar-refractivity contribution in [2.45, 2.75) is 38.3 Å². The second-order valence-electron chi connectivity index (χ2n) is 5.61. The van der Waals surface area contributed by atoms with E-state index in [0.717, 1.165) is 18.5 Å². The number of aryl methyl sites for hydroxylation is 1. The molecule has 1 aromatic heterocycles. The summed E-state index contributed by atoms with van der Waals surface area (Å²) in [7, 11) is 0. The van der Waals surface area contributed by atoms with Crippen LogP contribution in [0, 0.1) is 12.8 Å². The maximum atomic E-state index is 11.4. The molecule has 2 aliphatic heterocycles.